The minimum absolute atomic E-state index is 0.0128. The maximum atomic E-state index is 11.3. The maximum absolute atomic E-state index is 11.3. The summed E-state index contributed by atoms with van der Waals surface area (Å²) in [6, 6.07) is 0. The van der Waals surface area contributed by atoms with Crippen LogP contribution in [0.3, 0.4) is 0 Å². The van der Waals surface area contributed by atoms with Crippen LogP contribution in [0.15, 0.2) is 5.10 Å². The van der Waals surface area contributed by atoms with Gasteiger partial charge in [0.15, 0.2) is 5.11 Å². The number of carbonyl (C=O) groups is 1. The van der Waals surface area contributed by atoms with E-state index in [4.69, 9.17) is 10.5 Å². The zero-order valence-electron chi connectivity index (χ0n) is 8.82. The summed E-state index contributed by atoms with van der Waals surface area (Å²) >= 11 is 4.61. The third-order valence-electron chi connectivity index (χ3n) is 2.17. The number of esters is 1. The number of hydrogen-bond donors (Lipinski definition) is 2. The fraction of sp³-hybridized carbons (Fsp3) is 0.667. The maximum Gasteiger partial charge on any atom is 0.309 e. The highest BCUT2D eigenvalue weighted by Crippen LogP contribution is 2.23. The van der Waals surface area contributed by atoms with E-state index in [9.17, 15) is 4.79 Å². The number of thiocarbonyl (C=S) groups is 1. The topological polar surface area (TPSA) is 76.7 Å². The van der Waals surface area contributed by atoms with Crippen molar-refractivity contribution in [2.24, 2.45) is 16.8 Å². The fourth-order valence-corrected chi connectivity index (χ4v) is 1.60. The van der Waals surface area contributed by atoms with Crippen molar-refractivity contribution in [2.45, 2.75) is 32.8 Å². The van der Waals surface area contributed by atoms with Crippen LogP contribution >= 0.6 is 12.2 Å². The summed E-state index contributed by atoms with van der Waals surface area (Å²) in [5.74, 6) is -0.232. The number of rotatable bonds is 3. The summed E-state index contributed by atoms with van der Waals surface area (Å²) in [4.78, 5) is 11.3. The van der Waals surface area contributed by atoms with Crippen LogP contribution in [0.4, 0.5) is 0 Å². The van der Waals surface area contributed by atoms with Gasteiger partial charge in [0.05, 0.1) is 12.0 Å². The lowest BCUT2D eigenvalue weighted by molar-refractivity contribution is -0.143. The minimum atomic E-state index is -0.146. The highest BCUT2D eigenvalue weighted by atomic mass is 32.1. The molecule has 0 bridgehead atoms. The van der Waals surface area contributed by atoms with Crippen molar-refractivity contribution >= 4 is 29.0 Å². The van der Waals surface area contributed by atoms with Gasteiger partial charge in [0.2, 0.25) is 0 Å². The predicted octanol–water partition coefficient (Wildman–Crippen LogP) is 0.537. The summed E-state index contributed by atoms with van der Waals surface area (Å²) in [6.45, 7) is 3.71. The smallest absolute Gasteiger partial charge is 0.309 e. The molecule has 5 nitrogen and oxygen atoms in total. The average molecular weight is 229 g/mol. The van der Waals surface area contributed by atoms with Crippen LogP contribution in [0.1, 0.15) is 26.7 Å². The first-order valence-corrected chi connectivity index (χ1v) is 5.19. The zero-order valence-corrected chi connectivity index (χ0v) is 9.63. The fourth-order valence-electron chi connectivity index (χ4n) is 1.56. The van der Waals surface area contributed by atoms with Gasteiger partial charge >= 0.3 is 5.97 Å². The number of nitrogens with zero attached hydrogens (tertiary/aromatic N) is 1. The molecule has 1 heterocycles. The molecular formula is C9H15N3O2S. The summed E-state index contributed by atoms with van der Waals surface area (Å²) in [5, 5.41) is 4.06. The van der Waals surface area contributed by atoms with Gasteiger partial charge in [0.1, 0.15) is 0 Å². The lowest BCUT2D eigenvalue weighted by Crippen LogP contribution is -2.25. The molecule has 0 aromatic rings. The number of ether oxygens (including phenoxy) is 1. The first-order valence-electron chi connectivity index (χ1n) is 4.78. The molecule has 15 heavy (non-hydrogen) atoms. The molecule has 1 rings (SSSR count). The first-order chi connectivity index (χ1) is 6.99. The van der Waals surface area contributed by atoms with Crippen LogP contribution in [-0.2, 0) is 9.53 Å². The Kier molecular flexibility index (Phi) is 4.02. The summed E-state index contributed by atoms with van der Waals surface area (Å²) < 4.78 is 5.04. The van der Waals surface area contributed by atoms with Gasteiger partial charge in [-0.2, -0.15) is 5.10 Å². The molecule has 1 aliphatic rings. The average Bonchev–Trinajstić information content (AvgIpc) is 2.42. The van der Waals surface area contributed by atoms with Crippen LogP contribution in [0, 0.1) is 5.92 Å². The Labute approximate surface area is 94.0 Å². The van der Waals surface area contributed by atoms with Gasteiger partial charge in [-0.05, 0) is 32.5 Å². The van der Waals surface area contributed by atoms with Gasteiger partial charge in [-0.1, -0.05) is 0 Å². The van der Waals surface area contributed by atoms with Crippen LogP contribution < -0.4 is 11.2 Å². The number of nitrogens with two attached hydrogens (primary N) is 1. The number of hydrogen-bond acceptors (Lipinski definition) is 4. The molecule has 2 atom stereocenters. The molecule has 84 valence electrons. The van der Waals surface area contributed by atoms with E-state index in [-0.39, 0.29) is 23.1 Å². The van der Waals surface area contributed by atoms with Gasteiger partial charge in [-0.25, -0.2) is 0 Å². The normalized spacial score (nSPS) is 26.3. The molecule has 1 aliphatic heterocycles. The van der Waals surface area contributed by atoms with Crippen molar-refractivity contribution in [3.63, 3.8) is 0 Å². The van der Waals surface area contributed by atoms with E-state index >= 15 is 0 Å². The minimum Gasteiger partial charge on any atom is -0.462 e. The van der Waals surface area contributed by atoms with Crippen molar-refractivity contribution in [3.05, 3.63) is 0 Å². The van der Waals surface area contributed by atoms with Gasteiger partial charge in [-0.15, -0.1) is 0 Å². The van der Waals surface area contributed by atoms with Gasteiger partial charge in [0.25, 0.3) is 0 Å². The van der Waals surface area contributed by atoms with Gasteiger partial charge < -0.3 is 10.5 Å². The van der Waals surface area contributed by atoms with Crippen molar-refractivity contribution in [2.75, 3.05) is 0 Å². The Balaban J connectivity index is 2.44. The third kappa shape index (κ3) is 3.83. The van der Waals surface area contributed by atoms with Crippen LogP contribution in [0.2, 0.25) is 0 Å². The molecule has 0 amide bonds. The first kappa shape index (κ1) is 11.9. The van der Waals surface area contributed by atoms with Crippen molar-refractivity contribution < 1.29 is 9.53 Å². The molecule has 6 heteroatoms. The van der Waals surface area contributed by atoms with E-state index in [2.05, 4.69) is 22.7 Å². The van der Waals surface area contributed by atoms with E-state index in [1.807, 2.05) is 13.8 Å². The van der Waals surface area contributed by atoms with E-state index in [0.29, 0.717) is 6.42 Å². The lowest BCUT2D eigenvalue weighted by atomic mass is 9.99. The Bertz CT molecular complexity index is 304. The molecule has 1 fully saturated rings. The molecule has 0 unspecified atom stereocenters. The van der Waals surface area contributed by atoms with Crippen LogP contribution in [0.5, 0.6) is 0 Å². The number of hydrazone groups is 1. The van der Waals surface area contributed by atoms with Gasteiger partial charge in [-0.3, -0.25) is 10.2 Å². The van der Waals surface area contributed by atoms with E-state index in [0.717, 1.165) is 12.1 Å². The largest absolute Gasteiger partial charge is 0.462 e. The molecule has 0 saturated carbocycles. The molecule has 0 spiro atoms. The Morgan fingerprint density at radius 1 is 1.80 bits per heavy atom. The SMILES string of the molecule is C/C(C[C@@H]1C[C@H](C)OC1=O)=N/NC(N)=S. The summed E-state index contributed by atoms with van der Waals surface area (Å²) in [7, 11) is 0. The van der Waals surface area contributed by atoms with Crippen LogP contribution in [-0.4, -0.2) is 22.9 Å². The summed E-state index contributed by atoms with van der Waals surface area (Å²) in [6.07, 6.45) is 1.34. The highest BCUT2D eigenvalue weighted by Gasteiger charge is 2.31. The Morgan fingerprint density at radius 2 is 2.47 bits per heavy atom. The third-order valence-corrected chi connectivity index (χ3v) is 2.26. The Morgan fingerprint density at radius 3 is 2.93 bits per heavy atom. The predicted molar refractivity (Wildman–Crippen MR) is 61.3 cm³/mol. The molecule has 0 aromatic heterocycles. The molecule has 3 N–H and O–H groups in total. The van der Waals surface area contributed by atoms with Gasteiger partial charge in [0, 0.05) is 12.1 Å². The molecule has 0 aliphatic carbocycles. The zero-order chi connectivity index (χ0) is 11.4. The van der Waals surface area contributed by atoms with Crippen molar-refractivity contribution in [1.29, 1.82) is 0 Å². The summed E-state index contributed by atoms with van der Waals surface area (Å²) in [5.41, 5.74) is 8.50. The number of cyclic esters (lactones) is 1. The molecule has 0 radical (unpaired) electrons. The lowest BCUT2D eigenvalue weighted by Gasteiger charge is -2.04. The van der Waals surface area contributed by atoms with Crippen molar-refractivity contribution in [3.8, 4) is 0 Å². The molecular weight excluding hydrogens is 214 g/mol. The van der Waals surface area contributed by atoms with Crippen molar-refractivity contribution in [1.82, 2.24) is 5.43 Å². The standard InChI is InChI=1S/C9H15N3O2S/c1-5(11-12-9(10)15)3-7-4-6(2)14-8(7)13/h6-7H,3-4H2,1-2H3,(H3,10,12,15)/b11-5-/t6-,7+/m0/s1. The highest BCUT2D eigenvalue weighted by molar-refractivity contribution is 7.80. The second kappa shape index (κ2) is 5.06. The van der Waals surface area contributed by atoms with Crippen LogP contribution in [0.25, 0.3) is 0 Å². The molecule has 1 saturated heterocycles. The Hall–Kier alpha value is -1.17. The second-order valence-electron chi connectivity index (χ2n) is 3.71. The molecule has 0 aromatic carbocycles. The van der Waals surface area contributed by atoms with E-state index in [1.165, 1.54) is 0 Å². The number of carbonyl (C=O) groups excluding carboxylic acids is 1. The quantitative estimate of drug-likeness (QED) is 0.320. The second-order valence-corrected chi connectivity index (χ2v) is 4.15. The number of nitrogens with one attached hydrogen (secondary N) is 1. The van der Waals surface area contributed by atoms with E-state index in [1.54, 1.807) is 0 Å². The van der Waals surface area contributed by atoms with E-state index < -0.39 is 0 Å². The monoisotopic (exact) mass is 229 g/mol.